The van der Waals surface area contributed by atoms with Crippen molar-refractivity contribution < 1.29 is 19.2 Å². The third-order valence-electron chi connectivity index (χ3n) is 3.88. The number of hydrogen-bond acceptors (Lipinski definition) is 7. The summed E-state index contributed by atoms with van der Waals surface area (Å²) in [4.78, 5) is 48.0. The highest BCUT2D eigenvalue weighted by Crippen LogP contribution is 1.94. The number of carbonyl (C=O) groups excluding carboxylic acids is 4. The number of hydrogen-bond donors (Lipinski definition) is 3. The molecular weight excluding hydrogens is 323 g/mol. The molecule has 0 aliphatic carbocycles. The molecule has 0 fully saturated rings. The Balaban J connectivity index is 4.33. The number of amides is 1. The normalized spacial score (nSPS) is 13.1. The lowest BCUT2D eigenvalue weighted by atomic mass is 10.0. The number of nitrogens with one attached hydrogen (secondary N) is 3. The van der Waals surface area contributed by atoms with Crippen LogP contribution in [0.5, 0.6) is 0 Å². The van der Waals surface area contributed by atoms with Crippen LogP contribution in [-0.2, 0) is 19.2 Å². The monoisotopic (exact) mass is 352 g/mol. The zero-order valence-corrected chi connectivity index (χ0v) is 15.6. The fraction of sp³-hybridized carbons (Fsp3) is 0.750. The molecule has 2 unspecified atom stereocenters. The van der Waals surface area contributed by atoms with Gasteiger partial charge >= 0.3 is 0 Å². The molecule has 0 saturated heterocycles. The summed E-state index contributed by atoms with van der Waals surface area (Å²) in [5.74, 6) is -0.607. The molecule has 25 heavy (non-hydrogen) atoms. The lowest BCUT2D eigenvalue weighted by molar-refractivity contribution is -0.133. The van der Waals surface area contributed by atoms with Gasteiger partial charge in [-0.15, -0.1) is 0 Å². The third kappa shape index (κ3) is 10.1. The van der Waals surface area contributed by atoms with Crippen molar-refractivity contribution in [1.82, 2.24) is 20.9 Å². The summed E-state index contributed by atoms with van der Waals surface area (Å²) in [7, 11) is 7.08. The molecule has 3 N–H and O–H groups in total. The Hall–Kier alpha value is -1.58. The van der Waals surface area contributed by atoms with Crippen LogP contribution in [0.15, 0.2) is 0 Å². The van der Waals surface area contributed by atoms with Crippen LogP contribution in [0.25, 0.3) is 0 Å². The summed E-state index contributed by atoms with van der Waals surface area (Å²) in [6.45, 7) is 5.61. The van der Waals surface area contributed by atoms with Crippen LogP contribution in [-0.4, -0.2) is 87.9 Å². The van der Waals surface area contributed by atoms with Crippen molar-refractivity contribution in [3.05, 3.63) is 0 Å². The summed E-state index contributed by atoms with van der Waals surface area (Å²) in [5, 5.41) is 8.61. The Morgan fingerprint density at radius 3 is 2.24 bits per heavy atom. The van der Waals surface area contributed by atoms with E-state index >= 15 is 0 Å². The topological polar surface area (TPSA) is 108 Å². The van der Waals surface area contributed by atoms with Crippen molar-refractivity contribution in [2.45, 2.75) is 39.2 Å². The van der Waals surface area contributed by atoms with Gasteiger partial charge in [0.2, 0.25) is 5.91 Å². The van der Waals surface area contributed by atoms with Crippen molar-refractivity contribution in [3.8, 4) is 0 Å². The van der Waals surface area contributed by atoms with Gasteiger partial charge < -0.3 is 20.9 Å². The lowest BCUT2D eigenvalue weighted by Gasteiger charge is -2.22. The Kier molecular flexibility index (Phi) is 11.9. The summed E-state index contributed by atoms with van der Waals surface area (Å²) >= 11 is 0. The highest BCUT2D eigenvalue weighted by atomic mass is 16.2. The van der Waals surface area contributed by atoms with Gasteiger partial charge in [-0.1, -0.05) is 0 Å². The molecule has 0 heterocycles. The number of likely N-dealkylation sites (N-methyl/N-ethyl adjacent to an activating group) is 1. The van der Waals surface area contributed by atoms with Gasteiger partial charge in [0.15, 0.2) is 11.6 Å². The van der Waals surface area contributed by atoms with Gasteiger partial charge in [-0.2, -0.15) is 0 Å². The Morgan fingerprint density at radius 2 is 1.72 bits per heavy atom. The first-order valence-corrected chi connectivity index (χ1v) is 8.37. The molecule has 0 rings (SSSR count). The second-order valence-corrected chi connectivity index (χ2v) is 5.92. The maximum Gasteiger partial charge on any atom is 0.214 e. The van der Waals surface area contributed by atoms with Crippen LogP contribution >= 0.6 is 0 Å². The van der Waals surface area contributed by atoms with E-state index in [-0.39, 0.29) is 61.8 Å². The van der Waals surface area contributed by atoms with E-state index in [0.717, 1.165) is 0 Å². The lowest BCUT2D eigenvalue weighted by Crippen LogP contribution is -2.45. The van der Waals surface area contributed by atoms with E-state index in [1.807, 2.05) is 0 Å². The molecular formula is C16H29BN4O4. The minimum Gasteiger partial charge on any atom is -0.335 e. The van der Waals surface area contributed by atoms with Crippen molar-refractivity contribution in [2.24, 2.45) is 0 Å². The number of ketones is 3. The molecule has 0 aromatic carbocycles. The number of Topliss-reactive ketones (excluding diaryl/α,β-unsaturated/α-hetero) is 3. The van der Waals surface area contributed by atoms with Crippen LogP contribution in [0.3, 0.4) is 0 Å². The average molecular weight is 352 g/mol. The molecule has 2 radical (unpaired) electrons. The molecule has 0 bridgehead atoms. The molecule has 1 amide bonds. The van der Waals surface area contributed by atoms with Gasteiger partial charge in [0.1, 0.15) is 5.78 Å². The van der Waals surface area contributed by atoms with Crippen molar-refractivity contribution in [1.29, 1.82) is 0 Å². The maximum absolute atomic E-state index is 12.0. The molecule has 0 spiro atoms. The van der Waals surface area contributed by atoms with Crippen molar-refractivity contribution >= 4 is 31.1 Å². The minimum absolute atomic E-state index is 0.000691. The predicted octanol–water partition coefficient (Wildman–Crippen LogP) is -1.70. The Bertz CT molecular complexity index is 473. The summed E-state index contributed by atoms with van der Waals surface area (Å²) < 4.78 is 0. The predicted molar refractivity (Wildman–Crippen MR) is 96.7 cm³/mol. The molecule has 140 valence electrons. The van der Waals surface area contributed by atoms with Crippen LogP contribution < -0.4 is 16.0 Å². The van der Waals surface area contributed by atoms with Gasteiger partial charge in [-0.3, -0.25) is 19.2 Å². The summed E-state index contributed by atoms with van der Waals surface area (Å²) in [6.07, 6.45) is -0.194. The molecule has 0 aliphatic heterocycles. The van der Waals surface area contributed by atoms with E-state index in [1.165, 1.54) is 11.8 Å². The van der Waals surface area contributed by atoms with E-state index < -0.39 is 6.04 Å². The average Bonchev–Trinajstić information content (AvgIpc) is 2.60. The molecule has 0 aliphatic rings. The molecule has 2 atom stereocenters. The summed E-state index contributed by atoms with van der Waals surface area (Å²) in [6, 6.07) is -0.658. The second-order valence-electron chi connectivity index (χ2n) is 5.92. The number of carbonyl (C=O) groups is 4. The van der Waals surface area contributed by atoms with Crippen LogP contribution in [0, 0.1) is 0 Å². The quantitative estimate of drug-likeness (QED) is 0.253. The minimum atomic E-state index is -0.413. The zero-order valence-electron chi connectivity index (χ0n) is 15.6. The number of rotatable bonds is 14. The highest BCUT2D eigenvalue weighted by Gasteiger charge is 2.17. The van der Waals surface area contributed by atoms with Crippen molar-refractivity contribution in [3.63, 3.8) is 0 Å². The Morgan fingerprint density at radius 1 is 1.08 bits per heavy atom. The molecule has 0 aromatic rings. The second kappa shape index (κ2) is 12.7. The van der Waals surface area contributed by atoms with Crippen molar-refractivity contribution in [2.75, 3.05) is 39.8 Å². The van der Waals surface area contributed by atoms with Crippen LogP contribution in [0.2, 0.25) is 6.32 Å². The third-order valence-corrected chi connectivity index (χ3v) is 3.88. The fourth-order valence-corrected chi connectivity index (χ4v) is 1.84. The molecule has 9 heteroatoms. The standard InChI is InChI=1S/C16H29BN4O4/c1-11(13(3)22)20-8-14(23)10-21(16(25)7-17)6-5-19-9-15(24)12(2)18-4/h11-12,18-20H,5-10H2,1-4H3. The molecule has 0 saturated carbocycles. The van der Waals surface area contributed by atoms with E-state index in [0.29, 0.717) is 6.54 Å². The first-order valence-electron chi connectivity index (χ1n) is 8.37. The maximum atomic E-state index is 12.0. The van der Waals surface area contributed by atoms with Crippen LogP contribution in [0.1, 0.15) is 20.8 Å². The molecule has 0 aromatic heterocycles. The van der Waals surface area contributed by atoms with E-state index in [9.17, 15) is 19.2 Å². The largest absolute Gasteiger partial charge is 0.335 e. The fourth-order valence-electron chi connectivity index (χ4n) is 1.84. The van der Waals surface area contributed by atoms with Gasteiger partial charge in [0, 0.05) is 13.1 Å². The van der Waals surface area contributed by atoms with E-state index in [1.54, 1.807) is 20.9 Å². The molecule has 8 nitrogen and oxygen atoms in total. The van der Waals surface area contributed by atoms with Gasteiger partial charge in [0.05, 0.1) is 39.6 Å². The first-order chi connectivity index (χ1) is 11.7. The smallest absolute Gasteiger partial charge is 0.214 e. The Labute approximate surface area is 150 Å². The highest BCUT2D eigenvalue weighted by molar-refractivity contribution is 6.19. The van der Waals surface area contributed by atoms with E-state index in [2.05, 4.69) is 16.0 Å². The SMILES string of the molecule is [B]CC(=O)N(CCNCC(=O)C(C)NC)CC(=O)CNC(C)C(C)=O. The van der Waals surface area contributed by atoms with E-state index in [4.69, 9.17) is 7.85 Å². The van der Waals surface area contributed by atoms with Crippen LogP contribution in [0.4, 0.5) is 0 Å². The first kappa shape index (κ1) is 23.4. The van der Waals surface area contributed by atoms with Gasteiger partial charge in [0.25, 0.3) is 0 Å². The zero-order chi connectivity index (χ0) is 19.4. The van der Waals surface area contributed by atoms with Gasteiger partial charge in [-0.05, 0) is 34.1 Å². The van der Waals surface area contributed by atoms with Gasteiger partial charge in [-0.25, -0.2) is 0 Å². The summed E-state index contributed by atoms with van der Waals surface area (Å²) in [5.41, 5.74) is 0. The number of nitrogens with zero attached hydrogens (tertiary/aromatic N) is 1.